The molecule has 0 saturated carbocycles. The number of nitrogens with zero attached hydrogens (tertiary/aromatic N) is 1. The molecule has 10 heavy (non-hydrogen) atoms. The van der Waals surface area contributed by atoms with Gasteiger partial charge in [-0.25, -0.2) is 0 Å². The summed E-state index contributed by atoms with van der Waals surface area (Å²) in [5.41, 5.74) is 0. The lowest BCUT2D eigenvalue weighted by Crippen LogP contribution is -2.23. The summed E-state index contributed by atoms with van der Waals surface area (Å²) in [5, 5.41) is 8.35. The van der Waals surface area contributed by atoms with Gasteiger partial charge in [-0.3, -0.25) is 0 Å². The van der Waals surface area contributed by atoms with Gasteiger partial charge in [0.15, 0.2) is 0 Å². The maximum absolute atomic E-state index is 8.35. The van der Waals surface area contributed by atoms with E-state index in [2.05, 4.69) is 13.0 Å². The van der Waals surface area contributed by atoms with E-state index < -0.39 is 0 Å². The molecule has 0 radical (unpaired) electrons. The van der Waals surface area contributed by atoms with Gasteiger partial charge >= 0.3 is 0 Å². The second kappa shape index (κ2) is 3.58. The smallest absolute Gasteiger partial charge is 0.0705 e. The first-order valence-corrected chi connectivity index (χ1v) is 3.81. The van der Waals surface area contributed by atoms with Crippen LogP contribution in [0.4, 0.5) is 0 Å². The van der Waals surface area contributed by atoms with Gasteiger partial charge in [0.25, 0.3) is 0 Å². The van der Waals surface area contributed by atoms with Gasteiger partial charge in [-0.15, -0.1) is 0 Å². The molecule has 1 fully saturated rings. The lowest BCUT2D eigenvalue weighted by molar-refractivity contribution is -0.00774. The highest BCUT2D eigenvalue weighted by Crippen LogP contribution is 2.19. The summed E-state index contributed by atoms with van der Waals surface area (Å²) >= 11 is 0. The Labute approximate surface area is 61.8 Å². The van der Waals surface area contributed by atoms with Crippen molar-refractivity contribution in [2.75, 3.05) is 6.61 Å². The second-order valence-corrected chi connectivity index (χ2v) is 3.00. The van der Waals surface area contributed by atoms with Crippen LogP contribution in [-0.2, 0) is 4.74 Å². The normalized spacial score (nSPS) is 33.2. The van der Waals surface area contributed by atoms with E-state index in [-0.39, 0.29) is 6.10 Å². The van der Waals surface area contributed by atoms with E-state index >= 15 is 0 Å². The monoisotopic (exact) mass is 139 g/mol. The summed E-state index contributed by atoms with van der Waals surface area (Å²) in [7, 11) is 0. The molecule has 2 heteroatoms. The van der Waals surface area contributed by atoms with Gasteiger partial charge in [-0.1, -0.05) is 6.92 Å². The van der Waals surface area contributed by atoms with Crippen molar-refractivity contribution in [2.45, 2.75) is 32.3 Å². The maximum atomic E-state index is 8.35. The number of rotatable bonds is 1. The number of ether oxygens (including phenoxy) is 1. The Kier molecular flexibility index (Phi) is 2.70. The molecule has 0 aromatic heterocycles. The van der Waals surface area contributed by atoms with E-state index in [1.165, 1.54) is 6.42 Å². The number of nitriles is 1. The molecule has 1 aliphatic rings. The molecule has 56 valence electrons. The van der Waals surface area contributed by atoms with Crippen LogP contribution < -0.4 is 0 Å². The van der Waals surface area contributed by atoms with Crippen molar-refractivity contribution in [1.29, 1.82) is 5.26 Å². The van der Waals surface area contributed by atoms with Gasteiger partial charge in [0.1, 0.15) is 0 Å². The highest BCUT2D eigenvalue weighted by atomic mass is 16.5. The van der Waals surface area contributed by atoms with Crippen LogP contribution in [0.3, 0.4) is 0 Å². The molecule has 2 atom stereocenters. The Morgan fingerprint density at radius 1 is 1.60 bits per heavy atom. The molecule has 0 amide bonds. The molecule has 1 aliphatic heterocycles. The van der Waals surface area contributed by atoms with Gasteiger partial charge in [-0.2, -0.15) is 5.26 Å². The van der Waals surface area contributed by atoms with Gasteiger partial charge in [-0.05, 0) is 18.8 Å². The minimum Gasteiger partial charge on any atom is -0.377 e. The molecule has 0 aliphatic carbocycles. The molecule has 0 spiro atoms. The van der Waals surface area contributed by atoms with Crippen molar-refractivity contribution < 1.29 is 4.74 Å². The third-order valence-electron chi connectivity index (χ3n) is 1.92. The molecular formula is C8H13NO. The second-order valence-electron chi connectivity index (χ2n) is 3.00. The van der Waals surface area contributed by atoms with E-state index in [1.807, 2.05) is 0 Å². The lowest BCUT2D eigenvalue weighted by Gasteiger charge is -2.24. The largest absolute Gasteiger partial charge is 0.377 e. The zero-order chi connectivity index (χ0) is 7.40. The summed E-state index contributed by atoms with van der Waals surface area (Å²) in [6.45, 7) is 3.02. The Morgan fingerprint density at radius 2 is 2.40 bits per heavy atom. The highest BCUT2D eigenvalue weighted by molar-refractivity contribution is 4.79. The highest BCUT2D eigenvalue weighted by Gasteiger charge is 2.17. The van der Waals surface area contributed by atoms with Gasteiger partial charge in [0.2, 0.25) is 0 Å². The molecule has 0 N–H and O–H groups in total. The molecule has 0 aromatic carbocycles. The number of hydrogen-bond donors (Lipinski definition) is 0. The summed E-state index contributed by atoms with van der Waals surface area (Å²) in [6, 6.07) is 2.13. The Hall–Kier alpha value is -0.550. The fraction of sp³-hybridized carbons (Fsp3) is 0.875. The minimum absolute atomic E-state index is 0.223. The molecule has 0 aromatic rings. The molecular weight excluding hydrogens is 126 g/mol. The van der Waals surface area contributed by atoms with Crippen molar-refractivity contribution in [3.8, 4) is 6.07 Å². The predicted molar refractivity (Wildman–Crippen MR) is 38.4 cm³/mol. The fourth-order valence-electron chi connectivity index (χ4n) is 1.20. The standard InChI is InChI=1S/C8H13NO/c1-7-2-3-8(4-5-9)10-6-7/h7-8H,2-4,6H2,1H3/t7?,8-/m0/s1. The zero-order valence-corrected chi connectivity index (χ0v) is 6.34. The summed E-state index contributed by atoms with van der Waals surface area (Å²) in [5.74, 6) is 0.690. The van der Waals surface area contributed by atoms with Crippen LogP contribution >= 0.6 is 0 Å². The van der Waals surface area contributed by atoms with Gasteiger partial charge in [0.05, 0.1) is 18.6 Å². The third kappa shape index (κ3) is 2.00. The van der Waals surface area contributed by atoms with Crippen LogP contribution in [0.15, 0.2) is 0 Å². The van der Waals surface area contributed by atoms with Crippen molar-refractivity contribution >= 4 is 0 Å². The molecule has 2 nitrogen and oxygen atoms in total. The Bertz CT molecular complexity index is 131. The average molecular weight is 139 g/mol. The van der Waals surface area contributed by atoms with Crippen molar-refractivity contribution in [3.63, 3.8) is 0 Å². The van der Waals surface area contributed by atoms with Crippen LogP contribution in [0.25, 0.3) is 0 Å². The summed E-state index contributed by atoms with van der Waals surface area (Å²) in [6.07, 6.45) is 3.06. The SMILES string of the molecule is CC1CC[C@@H](CC#N)OC1. The molecule has 1 unspecified atom stereocenters. The Balaban J connectivity index is 2.21. The van der Waals surface area contributed by atoms with E-state index in [9.17, 15) is 0 Å². The molecule has 1 heterocycles. The van der Waals surface area contributed by atoms with Crippen LogP contribution in [0.1, 0.15) is 26.2 Å². The quantitative estimate of drug-likeness (QED) is 0.554. The lowest BCUT2D eigenvalue weighted by atomic mass is 9.99. The van der Waals surface area contributed by atoms with Crippen molar-refractivity contribution in [3.05, 3.63) is 0 Å². The third-order valence-corrected chi connectivity index (χ3v) is 1.92. The van der Waals surface area contributed by atoms with E-state index in [0.717, 1.165) is 13.0 Å². The summed E-state index contributed by atoms with van der Waals surface area (Å²) < 4.78 is 5.41. The predicted octanol–water partition coefficient (Wildman–Crippen LogP) is 1.72. The molecule has 1 saturated heterocycles. The number of hydrogen-bond acceptors (Lipinski definition) is 2. The van der Waals surface area contributed by atoms with Crippen LogP contribution in [-0.4, -0.2) is 12.7 Å². The first-order valence-electron chi connectivity index (χ1n) is 3.81. The van der Waals surface area contributed by atoms with Crippen LogP contribution in [0.5, 0.6) is 0 Å². The van der Waals surface area contributed by atoms with Gasteiger partial charge < -0.3 is 4.74 Å². The van der Waals surface area contributed by atoms with Crippen LogP contribution in [0, 0.1) is 17.2 Å². The average Bonchev–Trinajstić information content (AvgIpc) is 1.95. The zero-order valence-electron chi connectivity index (χ0n) is 6.34. The van der Waals surface area contributed by atoms with E-state index in [4.69, 9.17) is 10.00 Å². The maximum Gasteiger partial charge on any atom is 0.0705 e. The molecule has 0 bridgehead atoms. The summed E-state index contributed by atoms with van der Waals surface area (Å²) in [4.78, 5) is 0. The van der Waals surface area contributed by atoms with Crippen molar-refractivity contribution in [1.82, 2.24) is 0 Å². The van der Waals surface area contributed by atoms with Crippen molar-refractivity contribution in [2.24, 2.45) is 5.92 Å². The fourth-order valence-corrected chi connectivity index (χ4v) is 1.20. The van der Waals surface area contributed by atoms with Crippen LogP contribution in [0.2, 0.25) is 0 Å². The Morgan fingerprint density at radius 3 is 2.90 bits per heavy atom. The first kappa shape index (κ1) is 7.56. The topological polar surface area (TPSA) is 33.0 Å². The van der Waals surface area contributed by atoms with E-state index in [1.54, 1.807) is 0 Å². The minimum atomic E-state index is 0.223. The van der Waals surface area contributed by atoms with E-state index in [0.29, 0.717) is 12.3 Å². The van der Waals surface area contributed by atoms with Gasteiger partial charge in [0, 0.05) is 6.61 Å². The molecule has 1 rings (SSSR count). The first-order chi connectivity index (χ1) is 4.83.